The second kappa shape index (κ2) is 8.45. The standard InChI is InChI=1S/C21H26N4O5/c1-23-13-17(12-22-23)20(27)25-8-10-30-21(15-25)14-24(7-9-29-21)19(26)11-16-5-3-4-6-18(16)28-2/h3-6,12-13H,7-11,14-15H2,1-2H3. The van der Waals surface area contributed by atoms with Gasteiger partial charge in [0.25, 0.3) is 5.91 Å². The monoisotopic (exact) mass is 414 g/mol. The number of amides is 2. The second-order valence-electron chi connectivity index (χ2n) is 7.54. The summed E-state index contributed by atoms with van der Waals surface area (Å²) in [4.78, 5) is 29.2. The zero-order chi connectivity index (χ0) is 21.1. The van der Waals surface area contributed by atoms with E-state index >= 15 is 0 Å². The third-order valence-electron chi connectivity index (χ3n) is 5.44. The number of methoxy groups -OCH3 is 1. The highest BCUT2D eigenvalue weighted by molar-refractivity contribution is 5.93. The Hall–Kier alpha value is -2.91. The van der Waals surface area contributed by atoms with Gasteiger partial charge in [0.05, 0.1) is 51.6 Å². The van der Waals surface area contributed by atoms with Gasteiger partial charge >= 0.3 is 0 Å². The first kappa shape index (κ1) is 20.4. The fourth-order valence-corrected chi connectivity index (χ4v) is 3.92. The summed E-state index contributed by atoms with van der Waals surface area (Å²) in [7, 11) is 3.36. The van der Waals surface area contributed by atoms with Gasteiger partial charge in [-0.1, -0.05) is 18.2 Å². The van der Waals surface area contributed by atoms with Crippen LogP contribution in [0.25, 0.3) is 0 Å². The maximum Gasteiger partial charge on any atom is 0.257 e. The first-order valence-electron chi connectivity index (χ1n) is 9.95. The lowest BCUT2D eigenvalue weighted by atomic mass is 10.1. The van der Waals surface area contributed by atoms with Crippen LogP contribution in [0.1, 0.15) is 15.9 Å². The van der Waals surface area contributed by atoms with Gasteiger partial charge in [-0.2, -0.15) is 5.10 Å². The summed E-state index contributed by atoms with van der Waals surface area (Å²) in [6.07, 6.45) is 3.48. The maximum atomic E-state index is 13.0. The molecular weight excluding hydrogens is 388 g/mol. The van der Waals surface area contributed by atoms with Gasteiger partial charge in [-0.05, 0) is 6.07 Å². The fraction of sp³-hybridized carbons (Fsp3) is 0.476. The minimum atomic E-state index is -1.01. The Morgan fingerprint density at radius 3 is 2.53 bits per heavy atom. The molecule has 1 aromatic carbocycles. The molecule has 0 aliphatic carbocycles. The number of morpholine rings is 2. The van der Waals surface area contributed by atoms with E-state index in [0.717, 1.165) is 5.56 Å². The zero-order valence-electron chi connectivity index (χ0n) is 17.2. The number of carbonyl (C=O) groups is 2. The van der Waals surface area contributed by atoms with Gasteiger partial charge in [0, 0.05) is 31.9 Å². The topological polar surface area (TPSA) is 86.1 Å². The lowest BCUT2D eigenvalue weighted by molar-refractivity contribution is -0.284. The summed E-state index contributed by atoms with van der Waals surface area (Å²) < 4.78 is 18.8. The zero-order valence-corrected chi connectivity index (χ0v) is 17.2. The quantitative estimate of drug-likeness (QED) is 0.732. The van der Waals surface area contributed by atoms with Crippen LogP contribution in [0.3, 0.4) is 0 Å². The molecule has 160 valence electrons. The molecule has 0 saturated carbocycles. The molecule has 0 radical (unpaired) electrons. The molecule has 1 spiro atoms. The Kier molecular flexibility index (Phi) is 5.74. The van der Waals surface area contributed by atoms with E-state index in [0.29, 0.717) is 37.6 Å². The number of nitrogens with zero attached hydrogens (tertiary/aromatic N) is 4. The number of aromatic nitrogens is 2. The van der Waals surface area contributed by atoms with Crippen LogP contribution >= 0.6 is 0 Å². The maximum absolute atomic E-state index is 13.0. The Bertz CT molecular complexity index is 926. The highest BCUT2D eigenvalue weighted by Crippen LogP contribution is 2.27. The Morgan fingerprint density at radius 1 is 1.13 bits per heavy atom. The van der Waals surface area contributed by atoms with Crippen molar-refractivity contribution in [3.8, 4) is 5.75 Å². The highest BCUT2D eigenvalue weighted by atomic mass is 16.7. The number of carbonyl (C=O) groups excluding carboxylic acids is 2. The van der Waals surface area contributed by atoms with Crippen LogP contribution in [0.4, 0.5) is 0 Å². The number of hydrogen-bond donors (Lipinski definition) is 0. The van der Waals surface area contributed by atoms with Gasteiger partial charge in [0.1, 0.15) is 5.75 Å². The van der Waals surface area contributed by atoms with Gasteiger partial charge in [-0.3, -0.25) is 14.3 Å². The molecule has 0 bridgehead atoms. The molecule has 2 aromatic rings. The first-order valence-corrected chi connectivity index (χ1v) is 9.95. The van der Waals surface area contributed by atoms with Crippen molar-refractivity contribution in [2.75, 3.05) is 46.5 Å². The Morgan fingerprint density at radius 2 is 1.83 bits per heavy atom. The fourth-order valence-electron chi connectivity index (χ4n) is 3.92. The first-order chi connectivity index (χ1) is 14.5. The van der Waals surface area contributed by atoms with Crippen LogP contribution in [-0.4, -0.2) is 83.7 Å². The van der Waals surface area contributed by atoms with Crippen molar-refractivity contribution < 1.29 is 23.8 Å². The normalized spacial score (nSPS) is 21.7. The van der Waals surface area contributed by atoms with E-state index in [1.54, 1.807) is 41.0 Å². The predicted molar refractivity (Wildman–Crippen MR) is 107 cm³/mol. The van der Waals surface area contributed by atoms with E-state index in [2.05, 4.69) is 5.10 Å². The number of hydrogen-bond acceptors (Lipinski definition) is 6. The van der Waals surface area contributed by atoms with E-state index in [1.807, 2.05) is 24.3 Å². The van der Waals surface area contributed by atoms with Crippen LogP contribution < -0.4 is 4.74 Å². The molecule has 2 fully saturated rings. The third-order valence-corrected chi connectivity index (χ3v) is 5.44. The van der Waals surface area contributed by atoms with Gasteiger partial charge in [-0.25, -0.2) is 0 Å². The average molecular weight is 414 g/mol. The summed E-state index contributed by atoms with van der Waals surface area (Å²) in [6.45, 7) is 2.19. The van der Waals surface area contributed by atoms with Gasteiger partial charge in [0.15, 0.2) is 0 Å². The lowest BCUT2D eigenvalue weighted by Gasteiger charge is -2.47. The van der Waals surface area contributed by atoms with Crippen LogP contribution in [-0.2, 0) is 27.7 Å². The number of para-hydroxylation sites is 1. The molecule has 2 amide bonds. The van der Waals surface area contributed by atoms with Crippen molar-refractivity contribution >= 4 is 11.8 Å². The summed E-state index contributed by atoms with van der Waals surface area (Å²) in [6, 6.07) is 7.49. The predicted octanol–water partition coefficient (Wildman–Crippen LogP) is 0.699. The van der Waals surface area contributed by atoms with Crippen molar-refractivity contribution in [1.82, 2.24) is 19.6 Å². The van der Waals surface area contributed by atoms with Crippen LogP contribution in [0.15, 0.2) is 36.7 Å². The molecule has 1 aromatic heterocycles. The minimum Gasteiger partial charge on any atom is -0.496 e. The average Bonchev–Trinajstić information content (AvgIpc) is 3.20. The van der Waals surface area contributed by atoms with Crippen molar-refractivity contribution in [3.05, 3.63) is 47.8 Å². The molecule has 30 heavy (non-hydrogen) atoms. The molecule has 2 aliphatic rings. The molecule has 1 atom stereocenters. The summed E-state index contributed by atoms with van der Waals surface area (Å²) in [5.74, 6) is -0.463. The summed E-state index contributed by atoms with van der Waals surface area (Å²) in [5.41, 5.74) is 1.36. The van der Waals surface area contributed by atoms with Crippen molar-refractivity contribution in [3.63, 3.8) is 0 Å². The molecule has 2 aliphatic heterocycles. The summed E-state index contributed by atoms with van der Waals surface area (Å²) in [5, 5.41) is 4.07. The highest BCUT2D eigenvalue weighted by Gasteiger charge is 2.44. The van der Waals surface area contributed by atoms with Crippen molar-refractivity contribution in [2.24, 2.45) is 7.05 Å². The number of aryl methyl sites for hydroxylation is 1. The largest absolute Gasteiger partial charge is 0.496 e. The van der Waals surface area contributed by atoms with E-state index in [9.17, 15) is 9.59 Å². The molecule has 2 saturated heterocycles. The molecule has 1 unspecified atom stereocenters. The number of rotatable bonds is 4. The molecule has 3 heterocycles. The molecule has 0 N–H and O–H groups in total. The SMILES string of the molecule is COc1ccccc1CC(=O)N1CCOC2(C1)CN(C(=O)c1cnn(C)c1)CCO2. The van der Waals surface area contributed by atoms with E-state index in [4.69, 9.17) is 14.2 Å². The molecule has 9 nitrogen and oxygen atoms in total. The van der Waals surface area contributed by atoms with Crippen LogP contribution in [0.5, 0.6) is 5.75 Å². The molecular formula is C21H26N4O5. The van der Waals surface area contributed by atoms with Gasteiger partial charge < -0.3 is 24.0 Å². The van der Waals surface area contributed by atoms with E-state index < -0.39 is 5.79 Å². The van der Waals surface area contributed by atoms with E-state index in [-0.39, 0.29) is 31.3 Å². The Labute approximate surface area is 175 Å². The smallest absolute Gasteiger partial charge is 0.257 e. The van der Waals surface area contributed by atoms with Crippen molar-refractivity contribution in [1.29, 1.82) is 0 Å². The van der Waals surface area contributed by atoms with Crippen LogP contribution in [0, 0.1) is 0 Å². The summed E-state index contributed by atoms with van der Waals surface area (Å²) >= 11 is 0. The molecule has 4 rings (SSSR count). The van der Waals surface area contributed by atoms with E-state index in [1.165, 1.54) is 0 Å². The number of benzene rings is 1. The number of ether oxygens (including phenoxy) is 3. The minimum absolute atomic E-state index is 0.0264. The van der Waals surface area contributed by atoms with Gasteiger partial charge in [-0.15, -0.1) is 0 Å². The second-order valence-corrected chi connectivity index (χ2v) is 7.54. The third kappa shape index (κ3) is 4.17. The Balaban J connectivity index is 1.44. The lowest BCUT2D eigenvalue weighted by Crippen LogP contribution is -2.63. The molecule has 9 heteroatoms. The van der Waals surface area contributed by atoms with Crippen molar-refractivity contribution in [2.45, 2.75) is 12.2 Å². The van der Waals surface area contributed by atoms with Crippen LogP contribution in [0.2, 0.25) is 0 Å². The van der Waals surface area contributed by atoms with Gasteiger partial charge in [0.2, 0.25) is 11.7 Å².